The molecule has 3 heterocycles. The highest BCUT2D eigenvalue weighted by Gasteiger charge is 2.16. The number of benzene rings is 7. The number of aromatic nitrogens is 5. The van der Waals surface area contributed by atoms with E-state index in [1.165, 1.54) is 0 Å². The van der Waals surface area contributed by atoms with Crippen LogP contribution >= 0.6 is 0 Å². The lowest BCUT2D eigenvalue weighted by Crippen LogP contribution is -2.00. The molecule has 0 fully saturated rings. The van der Waals surface area contributed by atoms with Gasteiger partial charge in [-0.2, -0.15) is 0 Å². The normalized spacial score (nSPS) is 11.0. The van der Waals surface area contributed by atoms with Gasteiger partial charge in [0.15, 0.2) is 17.5 Å². The van der Waals surface area contributed by atoms with Crippen LogP contribution in [0.15, 0.2) is 225 Å². The molecule has 5 heteroatoms. The van der Waals surface area contributed by atoms with E-state index >= 15 is 0 Å². The van der Waals surface area contributed by atoms with Gasteiger partial charge in [0.25, 0.3) is 0 Å². The molecule has 0 bridgehead atoms. The molecular weight excluding hydrogens is 731 g/mol. The predicted octanol–water partition coefficient (Wildman–Crippen LogP) is 13.7. The SMILES string of the molecule is c1ccc(-c2ccc(-c3cc(-c4ccc(-c5cc(-c6ccccc6)nc(-c6ccccc6)c5)cc4)cc(-c4nc(-c5ccccc5)nc(-c5ccccc5)n4)c3)cn2)cc1. The molecule has 60 heavy (non-hydrogen) atoms. The molecule has 5 nitrogen and oxygen atoms in total. The van der Waals surface area contributed by atoms with Crippen molar-refractivity contribution in [2.45, 2.75) is 0 Å². The molecule has 0 aliphatic heterocycles. The molecule has 0 radical (unpaired) electrons. The molecule has 3 aromatic heterocycles. The second-order valence-electron chi connectivity index (χ2n) is 14.6. The Hall–Kier alpha value is -8.15. The van der Waals surface area contributed by atoms with E-state index in [9.17, 15) is 0 Å². The maximum atomic E-state index is 5.10. The van der Waals surface area contributed by atoms with Crippen LogP contribution in [-0.2, 0) is 0 Å². The molecule has 7 aromatic carbocycles. The van der Waals surface area contributed by atoms with Crippen LogP contribution in [0.1, 0.15) is 0 Å². The monoisotopic (exact) mass is 767 g/mol. The fraction of sp³-hybridized carbons (Fsp3) is 0. The maximum Gasteiger partial charge on any atom is 0.164 e. The molecule has 0 amide bonds. The van der Waals surface area contributed by atoms with Gasteiger partial charge in [-0.1, -0.05) is 182 Å². The van der Waals surface area contributed by atoms with Crippen LogP contribution < -0.4 is 0 Å². The van der Waals surface area contributed by atoms with E-state index in [0.717, 1.165) is 83.8 Å². The minimum absolute atomic E-state index is 0.593. The van der Waals surface area contributed by atoms with Crippen molar-refractivity contribution in [3.63, 3.8) is 0 Å². The summed E-state index contributed by atoms with van der Waals surface area (Å²) < 4.78 is 0. The van der Waals surface area contributed by atoms with Gasteiger partial charge in [-0.25, -0.2) is 19.9 Å². The summed E-state index contributed by atoms with van der Waals surface area (Å²) in [6.07, 6.45) is 1.95. The molecule has 0 aliphatic carbocycles. The largest absolute Gasteiger partial charge is 0.256 e. The third-order valence-electron chi connectivity index (χ3n) is 10.6. The van der Waals surface area contributed by atoms with Crippen LogP contribution in [0.3, 0.4) is 0 Å². The Morgan fingerprint density at radius 3 is 0.950 bits per heavy atom. The molecule has 0 unspecified atom stereocenters. The summed E-state index contributed by atoms with van der Waals surface area (Å²) in [5, 5.41) is 0. The van der Waals surface area contributed by atoms with E-state index in [2.05, 4.69) is 127 Å². The Morgan fingerprint density at radius 1 is 0.200 bits per heavy atom. The van der Waals surface area contributed by atoms with Crippen molar-refractivity contribution in [1.29, 1.82) is 0 Å². The lowest BCUT2D eigenvalue weighted by molar-refractivity contribution is 1.07. The first kappa shape index (κ1) is 36.2. The van der Waals surface area contributed by atoms with Gasteiger partial charge in [0.2, 0.25) is 0 Å². The summed E-state index contributed by atoms with van der Waals surface area (Å²) in [5.41, 5.74) is 15.1. The van der Waals surface area contributed by atoms with Crippen LogP contribution in [0, 0.1) is 0 Å². The number of hydrogen-bond acceptors (Lipinski definition) is 5. The Morgan fingerprint density at radius 2 is 0.533 bits per heavy atom. The Balaban J connectivity index is 1.09. The average Bonchev–Trinajstić information content (AvgIpc) is 3.35. The molecule has 10 rings (SSSR count). The van der Waals surface area contributed by atoms with E-state index in [4.69, 9.17) is 24.9 Å². The number of pyridine rings is 2. The van der Waals surface area contributed by atoms with Gasteiger partial charge in [0, 0.05) is 45.1 Å². The highest BCUT2D eigenvalue weighted by Crippen LogP contribution is 2.36. The van der Waals surface area contributed by atoms with Gasteiger partial charge < -0.3 is 0 Å². The summed E-state index contributed by atoms with van der Waals surface area (Å²) in [6.45, 7) is 0. The summed E-state index contributed by atoms with van der Waals surface area (Å²) >= 11 is 0. The molecular formula is C55H37N5. The zero-order valence-electron chi connectivity index (χ0n) is 32.6. The van der Waals surface area contributed by atoms with Gasteiger partial charge in [-0.05, 0) is 64.2 Å². The van der Waals surface area contributed by atoms with E-state index < -0.39 is 0 Å². The first-order valence-electron chi connectivity index (χ1n) is 20.0. The van der Waals surface area contributed by atoms with Crippen molar-refractivity contribution in [3.05, 3.63) is 225 Å². The first-order valence-corrected chi connectivity index (χ1v) is 20.0. The van der Waals surface area contributed by atoms with E-state index in [1.54, 1.807) is 0 Å². The fourth-order valence-corrected chi connectivity index (χ4v) is 7.44. The number of nitrogens with zero attached hydrogens (tertiary/aromatic N) is 5. The lowest BCUT2D eigenvalue weighted by Gasteiger charge is -2.13. The topological polar surface area (TPSA) is 64.5 Å². The van der Waals surface area contributed by atoms with Crippen molar-refractivity contribution in [1.82, 2.24) is 24.9 Å². The third-order valence-corrected chi connectivity index (χ3v) is 10.6. The molecule has 0 saturated heterocycles. The summed E-state index contributed by atoms with van der Waals surface area (Å²) in [6, 6.07) is 75.0. The van der Waals surface area contributed by atoms with Gasteiger partial charge in [-0.15, -0.1) is 0 Å². The van der Waals surface area contributed by atoms with Crippen LogP contribution in [0.5, 0.6) is 0 Å². The van der Waals surface area contributed by atoms with Crippen molar-refractivity contribution in [2.75, 3.05) is 0 Å². The highest BCUT2D eigenvalue weighted by molar-refractivity contribution is 5.83. The van der Waals surface area contributed by atoms with E-state index in [0.29, 0.717) is 17.5 Å². The van der Waals surface area contributed by atoms with Crippen LogP contribution in [0.2, 0.25) is 0 Å². The fourth-order valence-electron chi connectivity index (χ4n) is 7.44. The van der Waals surface area contributed by atoms with Gasteiger partial charge >= 0.3 is 0 Å². The maximum absolute atomic E-state index is 5.10. The summed E-state index contributed by atoms with van der Waals surface area (Å²) in [5.74, 6) is 1.83. The zero-order chi connectivity index (χ0) is 40.1. The summed E-state index contributed by atoms with van der Waals surface area (Å²) in [4.78, 5) is 25.1. The van der Waals surface area contributed by atoms with E-state index in [-0.39, 0.29) is 0 Å². The second-order valence-corrected chi connectivity index (χ2v) is 14.6. The van der Waals surface area contributed by atoms with Crippen LogP contribution in [0.25, 0.3) is 101 Å². The summed E-state index contributed by atoms with van der Waals surface area (Å²) in [7, 11) is 0. The molecule has 0 spiro atoms. The van der Waals surface area contributed by atoms with Crippen LogP contribution in [0.4, 0.5) is 0 Å². The first-order chi connectivity index (χ1) is 29.7. The minimum Gasteiger partial charge on any atom is -0.256 e. The van der Waals surface area contributed by atoms with Gasteiger partial charge in [0.1, 0.15) is 0 Å². The van der Waals surface area contributed by atoms with Crippen molar-refractivity contribution >= 4 is 0 Å². The second kappa shape index (κ2) is 16.4. The van der Waals surface area contributed by atoms with Crippen molar-refractivity contribution < 1.29 is 0 Å². The Bertz CT molecular complexity index is 2910. The predicted molar refractivity (Wildman–Crippen MR) is 244 cm³/mol. The highest BCUT2D eigenvalue weighted by atomic mass is 15.0. The molecule has 282 valence electrons. The molecule has 10 aromatic rings. The molecule has 0 atom stereocenters. The van der Waals surface area contributed by atoms with Gasteiger partial charge in [0.05, 0.1) is 17.1 Å². The van der Waals surface area contributed by atoms with Crippen LogP contribution in [-0.4, -0.2) is 24.9 Å². The standard InChI is InChI=1S/C55H37N5/c1-6-16-40(17-7-1)50-31-30-45(37-56-50)47-32-46(33-49(34-47)55-59-53(43-22-12-4-13-23-43)58-54(60-55)44-24-14-5-15-25-44)38-26-28-39(29-27-38)48-35-51(41-18-8-2-9-19-41)57-52(36-48)42-20-10-3-11-21-42/h1-37H. The molecule has 0 N–H and O–H groups in total. The quantitative estimate of drug-likeness (QED) is 0.146. The average molecular weight is 768 g/mol. The Kier molecular flexibility index (Phi) is 9.88. The zero-order valence-corrected chi connectivity index (χ0v) is 32.6. The Labute approximate surface area is 349 Å². The third kappa shape index (κ3) is 7.76. The van der Waals surface area contributed by atoms with Crippen molar-refractivity contribution in [3.8, 4) is 101 Å². The van der Waals surface area contributed by atoms with E-state index in [1.807, 2.05) is 97.2 Å². The molecule has 0 aliphatic rings. The number of rotatable bonds is 9. The van der Waals surface area contributed by atoms with Gasteiger partial charge in [-0.3, -0.25) is 4.98 Å². The van der Waals surface area contributed by atoms with Crippen molar-refractivity contribution in [2.24, 2.45) is 0 Å². The lowest BCUT2D eigenvalue weighted by atomic mass is 9.94. The smallest absolute Gasteiger partial charge is 0.164 e. The minimum atomic E-state index is 0.593. The molecule has 0 saturated carbocycles. The number of hydrogen-bond donors (Lipinski definition) is 0.